The van der Waals surface area contributed by atoms with E-state index >= 15 is 0 Å². The van der Waals surface area contributed by atoms with Gasteiger partial charge in [0.05, 0.1) is 5.69 Å². The van der Waals surface area contributed by atoms with Crippen LogP contribution in [0.3, 0.4) is 0 Å². The van der Waals surface area contributed by atoms with Crippen LogP contribution in [0.4, 0.5) is 5.13 Å². The predicted octanol–water partition coefficient (Wildman–Crippen LogP) is 3.18. The number of carbonyl (C=O) groups is 1. The molecule has 1 aliphatic rings. The van der Waals surface area contributed by atoms with Gasteiger partial charge in [0, 0.05) is 31.4 Å². The topological polar surface area (TPSA) is 45.2 Å². The number of nitrogens with one attached hydrogen (secondary N) is 1. The molecule has 1 heterocycles. The third-order valence-corrected chi connectivity index (χ3v) is 4.97. The number of hydrogen-bond acceptors (Lipinski definition) is 4. The second-order valence-electron chi connectivity index (χ2n) is 5.72. The van der Waals surface area contributed by atoms with E-state index in [0.29, 0.717) is 12.6 Å². The first kappa shape index (κ1) is 15.4. The molecule has 1 aromatic heterocycles. The third-order valence-electron chi connectivity index (χ3n) is 4.05. The van der Waals surface area contributed by atoms with Gasteiger partial charge in [-0.25, -0.2) is 4.98 Å². The number of amides is 1. The Labute approximate surface area is 125 Å². The molecule has 2 rings (SSSR count). The van der Waals surface area contributed by atoms with Gasteiger partial charge in [0.15, 0.2) is 5.13 Å². The molecule has 20 heavy (non-hydrogen) atoms. The third kappa shape index (κ3) is 4.03. The van der Waals surface area contributed by atoms with Crippen molar-refractivity contribution in [2.24, 2.45) is 5.92 Å². The molecular formula is C15H25N3OS. The Hall–Kier alpha value is -0.940. The van der Waals surface area contributed by atoms with Crippen molar-refractivity contribution in [2.45, 2.75) is 59.0 Å². The number of thiazole rings is 1. The maximum absolute atomic E-state index is 11.5. The molecule has 0 bridgehead atoms. The van der Waals surface area contributed by atoms with Crippen molar-refractivity contribution in [3.8, 4) is 0 Å². The molecule has 1 amide bonds. The van der Waals surface area contributed by atoms with E-state index in [0.717, 1.165) is 23.3 Å². The molecule has 1 aliphatic carbocycles. The molecule has 1 saturated carbocycles. The molecule has 0 saturated heterocycles. The average Bonchev–Trinajstić information content (AvgIpc) is 2.87. The molecule has 1 fully saturated rings. The minimum Gasteiger partial charge on any atom is -0.308 e. The fourth-order valence-corrected chi connectivity index (χ4v) is 3.64. The summed E-state index contributed by atoms with van der Waals surface area (Å²) >= 11 is 1.55. The van der Waals surface area contributed by atoms with E-state index in [1.54, 1.807) is 23.2 Å². The minimum absolute atomic E-state index is 0.0580. The van der Waals surface area contributed by atoms with Crippen LogP contribution in [0.15, 0.2) is 5.38 Å². The van der Waals surface area contributed by atoms with Gasteiger partial charge < -0.3 is 5.32 Å². The van der Waals surface area contributed by atoms with Crippen LogP contribution < -0.4 is 10.2 Å². The number of hydrogen-bond donors (Lipinski definition) is 1. The lowest BCUT2D eigenvalue weighted by molar-refractivity contribution is -0.116. The molecule has 1 N–H and O–H groups in total. The van der Waals surface area contributed by atoms with Crippen molar-refractivity contribution < 1.29 is 4.79 Å². The van der Waals surface area contributed by atoms with Crippen LogP contribution in [-0.4, -0.2) is 23.5 Å². The molecule has 0 atom stereocenters. The Bertz CT molecular complexity index is 438. The molecule has 4 nitrogen and oxygen atoms in total. The SMILES string of the molecule is CCN(C(C)=O)c1nc(CNC2CCC(C)CC2)cs1. The molecule has 1 aromatic rings. The van der Waals surface area contributed by atoms with Crippen molar-refractivity contribution in [1.29, 1.82) is 0 Å². The molecule has 112 valence electrons. The lowest BCUT2D eigenvalue weighted by Crippen LogP contribution is -2.32. The summed E-state index contributed by atoms with van der Waals surface area (Å²) in [7, 11) is 0. The lowest BCUT2D eigenvalue weighted by Gasteiger charge is -2.26. The first-order valence-corrected chi connectivity index (χ1v) is 8.44. The highest BCUT2D eigenvalue weighted by atomic mass is 32.1. The molecule has 0 aromatic carbocycles. The second-order valence-corrected chi connectivity index (χ2v) is 6.56. The van der Waals surface area contributed by atoms with Gasteiger partial charge in [-0.3, -0.25) is 9.69 Å². The van der Waals surface area contributed by atoms with Crippen LogP contribution in [0, 0.1) is 5.92 Å². The van der Waals surface area contributed by atoms with Crippen molar-refractivity contribution in [1.82, 2.24) is 10.3 Å². The lowest BCUT2D eigenvalue weighted by atomic mass is 9.87. The summed E-state index contributed by atoms with van der Waals surface area (Å²) < 4.78 is 0. The zero-order valence-electron chi connectivity index (χ0n) is 12.7. The zero-order chi connectivity index (χ0) is 14.5. The fraction of sp³-hybridized carbons (Fsp3) is 0.733. The Morgan fingerprint density at radius 3 is 2.75 bits per heavy atom. The summed E-state index contributed by atoms with van der Waals surface area (Å²) in [6, 6.07) is 0.631. The van der Waals surface area contributed by atoms with E-state index in [1.807, 2.05) is 6.92 Å². The monoisotopic (exact) mass is 295 g/mol. The summed E-state index contributed by atoms with van der Waals surface area (Å²) in [5, 5.41) is 6.47. The largest absolute Gasteiger partial charge is 0.308 e. The Morgan fingerprint density at radius 2 is 2.15 bits per heavy atom. The van der Waals surface area contributed by atoms with Gasteiger partial charge in [0.25, 0.3) is 0 Å². The van der Waals surface area contributed by atoms with Gasteiger partial charge in [-0.05, 0) is 38.5 Å². The maximum Gasteiger partial charge on any atom is 0.225 e. The van der Waals surface area contributed by atoms with E-state index in [9.17, 15) is 4.79 Å². The fourth-order valence-electron chi connectivity index (χ4n) is 2.71. The van der Waals surface area contributed by atoms with Crippen LogP contribution in [-0.2, 0) is 11.3 Å². The maximum atomic E-state index is 11.5. The van der Waals surface area contributed by atoms with Crippen LogP contribution in [0.5, 0.6) is 0 Å². The highest BCUT2D eigenvalue weighted by Gasteiger charge is 2.18. The normalized spacial score (nSPS) is 22.8. The van der Waals surface area contributed by atoms with Gasteiger partial charge in [-0.2, -0.15) is 0 Å². The van der Waals surface area contributed by atoms with Crippen molar-refractivity contribution >= 4 is 22.4 Å². The first-order chi connectivity index (χ1) is 9.60. The number of aromatic nitrogens is 1. The summed E-state index contributed by atoms with van der Waals surface area (Å²) in [5.74, 6) is 0.940. The molecule has 0 spiro atoms. The van der Waals surface area contributed by atoms with E-state index in [4.69, 9.17) is 0 Å². The molecule has 0 radical (unpaired) electrons. The summed E-state index contributed by atoms with van der Waals surface area (Å²) in [6.45, 7) is 7.39. The molecular weight excluding hydrogens is 270 g/mol. The number of rotatable bonds is 5. The van der Waals surface area contributed by atoms with Gasteiger partial charge in [0.1, 0.15) is 0 Å². The van der Waals surface area contributed by atoms with Crippen LogP contribution >= 0.6 is 11.3 Å². The quantitative estimate of drug-likeness (QED) is 0.907. The number of anilines is 1. The molecule has 0 unspecified atom stereocenters. The van der Waals surface area contributed by atoms with Crippen molar-refractivity contribution in [3.63, 3.8) is 0 Å². The minimum atomic E-state index is 0.0580. The Balaban J connectivity index is 1.85. The van der Waals surface area contributed by atoms with Gasteiger partial charge >= 0.3 is 0 Å². The van der Waals surface area contributed by atoms with Gasteiger partial charge in [0.2, 0.25) is 5.91 Å². The summed E-state index contributed by atoms with van der Waals surface area (Å²) in [4.78, 5) is 17.8. The molecule has 0 aliphatic heterocycles. The van der Waals surface area contributed by atoms with E-state index in [1.165, 1.54) is 25.7 Å². The van der Waals surface area contributed by atoms with E-state index in [2.05, 4.69) is 22.6 Å². The van der Waals surface area contributed by atoms with E-state index < -0.39 is 0 Å². The Kier molecular flexibility index (Phi) is 5.54. The van der Waals surface area contributed by atoms with Gasteiger partial charge in [-0.1, -0.05) is 6.92 Å². The highest BCUT2D eigenvalue weighted by molar-refractivity contribution is 7.14. The smallest absolute Gasteiger partial charge is 0.225 e. The number of carbonyl (C=O) groups excluding carboxylic acids is 1. The van der Waals surface area contributed by atoms with Crippen molar-refractivity contribution in [2.75, 3.05) is 11.4 Å². The van der Waals surface area contributed by atoms with E-state index in [-0.39, 0.29) is 5.91 Å². The Morgan fingerprint density at radius 1 is 1.45 bits per heavy atom. The second kappa shape index (κ2) is 7.18. The van der Waals surface area contributed by atoms with Gasteiger partial charge in [-0.15, -0.1) is 11.3 Å². The number of nitrogens with zero attached hydrogens (tertiary/aromatic N) is 2. The standard InChI is InChI=1S/C15H25N3OS/c1-4-18(12(3)19)15-17-14(10-20-15)9-16-13-7-5-11(2)6-8-13/h10-11,13,16H,4-9H2,1-3H3. The van der Waals surface area contributed by atoms with Crippen LogP contribution in [0.25, 0.3) is 0 Å². The summed E-state index contributed by atoms with van der Waals surface area (Å²) in [5.41, 5.74) is 1.04. The van der Waals surface area contributed by atoms with Crippen molar-refractivity contribution in [3.05, 3.63) is 11.1 Å². The van der Waals surface area contributed by atoms with Crippen LogP contribution in [0.2, 0.25) is 0 Å². The first-order valence-electron chi connectivity index (χ1n) is 7.56. The zero-order valence-corrected chi connectivity index (χ0v) is 13.5. The predicted molar refractivity (Wildman–Crippen MR) is 84.1 cm³/mol. The van der Waals surface area contributed by atoms with Crippen LogP contribution in [0.1, 0.15) is 52.1 Å². The highest BCUT2D eigenvalue weighted by Crippen LogP contribution is 2.24. The molecule has 5 heteroatoms. The average molecular weight is 295 g/mol. The summed E-state index contributed by atoms with van der Waals surface area (Å²) in [6.07, 6.45) is 5.20.